The lowest BCUT2D eigenvalue weighted by atomic mass is 9.91. The molecule has 4 atom stereocenters. The summed E-state index contributed by atoms with van der Waals surface area (Å²) in [6.45, 7) is 6.23. The van der Waals surface area contributed by atoms with Crippen LogP contribution in [0.15, 0.2) is 53.8 Å². The van der Waals surface area contributed by atoms with Crippen molar-refractivity contribution in [3.05, 3.63) is 60.2 Å². The smallest absolute Gasteiger partial charge is 0.269 e. The number of rotatable bonds is 5. The van der Waals surface area contributed by atoms with E-state index in [-0.39, 0.29) is 4.90 Å². The average molecular weight is 473 g/mol. The first-order chi connectivity index (χ1) is 14.9. The van der Waals surface area contributed by atoms with Crippen LogP contribution in [0.25, 0.3) is 16.8 Å². The number of benzene rings is 1. The molecule has 0 bridgehead atoms. The van der Waals surface area contributed by atoms with E-state index in [2.05, 4.69) is 34.9 Å². The SMILES string of the molecule is CCC1CN(PP)CC1c1cnc2cnc3c(ccn3S(=O)(=O)c3ccc(C)cc3)n12. The minimum Gasteiger partial charge on any atom is -0.292 e. The van der Waals surface area contributed by atoms with E-state index in [0.29, 0.717) is 25.9 Å². The first kappa shape index (κ1) is 21.0. The van der Waals surface area contributed by atoms with E-state index in [1.54, 1.807) is 24.5 Å². The summed E-state index contributed by atoms with van der Waals surface area (Å²) in [5.41, 5.74) is 4.08. The summed E-state index contributed by atoms with van der Waals surface area (Å²) >= 11 is 0. The molecule has 10 heteroatoms. The molecule has 1 aliphatic rings. The molecular formula is C21H25N5O2P2S. The number of hydrogen-bond donors (Lipinski definition) is 0. The Kier molecular flexibility index (Phi) is 5.38. The number of imidazole rings is 1. The predicted octanol–water partition coefficient (Wildman–Crippen LogP) is 4.04. The van der Waals surface area contributed by atoms with Crippen LogP contribution < -0.4 is 0 Å². The summed E-state index contributed by atoms with van der Waals surface area (Å²) in [5.74, 6) is 0.908. The fraction of sp³-hybridized carbons (Fsp3) is 0.333. The van der Waals surface area contributed by atoms with Crippen LogP contribution in [0.5, 0.6) is 0 Å². The van der Waals surface area contributed by atoms with Gasteiger partial charge in [-0.25, -0.2) is 22.4 Å². The minimum atomic E-state index is -3.74. The van der Waals surface area contributed by atoms with Crippen LogP contribution in [0, 0.1) is 12.8 Å². The van der Waals surface area contributed by atoms with E-state index < -0.39 is 10.0 Å². The Morgan fingerprint density at radius 2 is 1.90 bits per heavy atom. The van der Waals surface area contributed by atoms with Gasteiger partial charge in [0.1, 0.15) is 0 Å². The summed E-state index contributed by atoms with van der Waals surface area (Å²) in [5, 5.41) is 0. The van der Waals surface area contributed by atoms with E-state index in [1.165, 1.54) is 3.97 Å². The largest absolute Gasteiger partial charge is 0.292 e. The van der Waals surface area contributed by atoms with Crippen molar-refractivity contribution in [2.24, 2.45) is 5.92 Å². The Hall–Kier alpha value is -1.85. The van der Waals surface area contributed by atoms with E-state index in [0.717, 1.165) is 41.9 Å². The van der Waals surface area contributed by atoms with Crippen molar-refractivity contribution in [1.29, 1.82) is 0 Å². The first-order valence-corrected chi connectivity index (χ1v) is 14.5. The Morgan fingerprint density at radius 3 is 2.61 bits per heavy atom. The highest BCUT2D eigenvalue weighted by Crippen LogP contribution is 2.42. The Labute approximate surface area is 185 Å². The third-order valence-electron chi connectivity index (χ3n) is 6.27. The molecule has 1 aliphatic heterocycles. The molecule has 4 aromatic rings. The zero-order chi connectivity index (χ0) is 21.8. The van der Waals surface area contributed by atoms with E-state index in [1.807, 2.05) is 31.3 Å². The van der Waals surface area contributed by atoms with Crippen molar-refractivity contribution >= 4 is 44.2 Å². The molecule has 31 heavy (non-hydrogen) atoms. The van der Waals surface area contributed by atoms with E-state index in [4.69, 9.17) is 0 Å². The van der Waals surface area contributed by atoms with E-state index in [9.17, 15) is 8.42 Å². The second-order valence-electron chi connectivity index (χ2n) is 8.08. The molecule has 0 aliphatic carbocycles. The maximum absolute atomic E-state index is 13.3. The number of aromatic nitrogens is 4. The zero-order valence-electron chi connectivity index (χ0n) is 17.4. The quantitative estimate of drug-likeness (QED) is 0.409. The molecule has 1 saturated heterocycles. The van der Waals surface area contributed by atoms with Gasteiger partial charge in [0.2, 0.25) is 0 Å². The van der Waals surface area contributed by atoms with Crippen LogP contribution in [0.4, 0.5) is 0 Å². The van der Waals surface area contributed by atoms with Gasteiger partial charge in [-0.3, -0.25) is 9.07 Å². The lowest BCUT2D eigenvalue weighted by Gasteiger charge is -2.17. The van der Waals surface area contributed by atoms with Crippen LogP contribution in [0.2, 0.25) is 0 Å². The van der Waals surface area contributed by atoms with Crippen LogP contribution in [-0.4, -0.2) is 44.5 Å². The third kappa shape index (κ3) is 3.41. The van der Waals surface area contributed by atoms with Crippen molar-refractivity contribution in [2.45, 2.75) is 31.1 Å². The van der Waals surface area contributed by atoms with Crippen LogP contribution in [0.3, 0.4) is 0 Å². The second kappa shape index (κ2) is 7.93. The van der Waals surface area contributed by atoms with Gasteiger partial charge in [0, 0.05) is 37.1 Å². The molecular weight excluding hydrogens is 448 g/mol. The third-order valence-corrected chi connectivity index (χ3v) is 9.78. The lowest BCUT2D eigenvalue weighted by molar-refractivity contribution is 0.482. The average Bonchev–Trinajstić information content (AvgIpc) is 3.48. The van der Waals surface area contributed by atoms with Crippen LogP contribution >= 0.6 is 17.3 Å². The minimum absolute atomic E-state index is 0.252. The van der Waals surface area contributed by atoms with Gasteiger partial charge in [-0.2, -0.15) is 0 Å². The standard InChI is InChI=1S/C21H25N5O2P2S/c1-3-15-12-24(30-29)13-17(15)19-10-22-20-11-23-21-18(26(19)20)8-9-25(21)31(27,28)16-6-4-14(2)5-7-16/h4-11,15,17,30H,3,12-13,29H2,1-2H3. The Morgan fingerprint density at radius 1 is 1.13 bits per heavy atom. The van der Waals surface area contributed by atoms with Gasteiger partial charge < -0.3 is 0 Å². The predicted molar refractivity (Wildman–Crippen MR) is 128 cm³/mol. The molecule has 0 saturated carbocycles. The molecule has 0 amide bonds. The molecule has 4 unspecified atom stereocenters. The summed E-state index contributed by atoms with van der Waals surface area (Å²) in [7, 11) is -0.195. The molecule has 1 fully saturated rings. The summed E-state index contributed by atoms with van der Waals surface area (Å²) in [4.78, 5) is 9.32. The van der Waals surface area contributed by atoms with E-state index >= 15 is 0 Å². The molecule has 3 aromatic heterocycles. The lowest BCUT2D eigenvalue weighted by Crippen LogP contribution is -2.14. The van der Waals surface area contributed by atoms with Crippen LogP contribution in [0.1, 0.15) is 30.5 Å². The summed E-state index contributed by atoms with van der Waals surface area (Å²) in [6.07, 6.45) is 6.29. The maximum Gasteiger partial charge on any atom is 0.269 e. The number of fused-ring (bicyclic) bond motifs is 3. The Balaban J connectivity index is 1.66. The molecule has 4 heterocycles. The van der Waals surface area contributed by atoms with Gasteiger partial charge in [0.05, 0.1) is 16.6 Å². The molecule has 7 nitrogen and oxygen atoms in total. The summed E-state index contributed by atoms with van der Waals surface area (Å²) < 4.78 is 32.4. The molecule has 0 N–H and O–H groups in total. The van der Waals surface area contributed by atoms with Crippen molar-refractivity contribution in [3.63, 3.8) is 0 Å². The molecule has 0 radical (unpaired) electrons. The van der Waals surface area contributed by atoms with Crippen LogP contribution in [-0.2, 0) is 10.0 Å². The van der Waals surface area contributed by atoms with Gasteiger partial charge in [0.15, 0.2) is 11.3 Å². The van der Waals surface area contributed by atoms with Gasteiger partial charge in [-0.1, -0.05) is 40.0 Å². The maximum atomic E-state index is 13.3. The fourth-order valence-corrected chi connectivity index (χ4v) is 7.12. The Bertz CT molecular complexity index is 1360. The zero-order valence-corrected chi connectivity index (χ0v) is 20.4. The monoisotopic (exact) mass is 473 g/mol. The summed E-state index contributed by atoms with van der Waals surface area (Å²) in [6, 6.07) is 8.72. The van der Waals surface area contributed by atoms with Gasteiger partial charge in [-0.15, -0.1) is 0 Å². The van der Waals surface area contributed by atoms with Gasteiger partial charge >= 0.3 is 0 Å². The highest BCUT2D eigenvalue weighted by Gasteiger charge is 2.34. The number of aryl methyl sites for hydroxylation is 1. The highest BCUT2D eigenvalue weighted by atomic mass is 32.2. The first-order valence-electron chi connectivity index (χ1n) is 10.3. The number of nitrogens with zero attached hydrogens (tertiary/aromatic N) is 5. The van der Waals surface area contributed by atoms with Gasteiger partial charge in [-0.05, 0) is 39.5 Å². The molecule has 162 valence electrons. The molecule has 1 aromatic carbocycles. The topological polar surface area (TPSA) is 72.5 Å². The molecule has 0 spiro atoms. The van der Waals surface area contributed by atoms with Crippen molar-refractivity contribution in [1.82, 2.24) is 23.0 Å². The van der Waals surface area contributed by atoms with Crippen molar-refractivity contribution in [2.75, 3.05) is 13.1 Å². The molecule has 5 rings (SSSR count). The normalized spacial score (nSPS) is 20.6. The highest BCUT2D eigenvalue weighted by molar-refractivity contribution is 8.01. The fourth-order valence-electron chi connectivity index (χ4n) is 4.55. The van der Waals surface area contributed by atoms with Crippen molar-refractivity contribution in [3.8, 4) is 0 Å². The second-order valence-corrected chi connectivity index (χ2v) is 11.6. The van der Waals surface area contributed by atoms with Gasteiger partial charge in [0.25, 0.3) is 10.0 Å². The number of hydrogen-bond acceptors (Lipinski definition) is 5. The van der Waals surface area contributed by atoms with Crippen molar-refractivity contribution < 1.29 is 8.42 Å².